The van der Waals surface area contributed by atoms with E-state index in [9.17, 15) is 9.90 Å². The van der Waals surface area contributed by atoms with Crippen LogP contribution in [0.4, 0.5) is 0 Å². The summed E-state index contributed by atoms with van der Waals surface area (Å²) >= 11 is 0. The first-order valence-corrected chi connectivity index (χ1v) is 11.6. The van der Waals surface area contributed by atoms with Crippen molar-refractivity contribution < 1.29 is 19.1 Å². The number of nitrogens with zero attached hydrogens (tertiary/aromatic N) is 3. The number of benzene rings is 1. The molecule has 0 bridgehead atoms. The van der Waals surface area contributed by atoms with Gasteiger partial charge in [0.15, 0.2) is 11.7 Å². The molecule has 2 heterocycles. The molecule has 4 rings (SSSR count). The molecule has 0 radical (unpaired) electrons. The number of aliphatic hydroxyl groups is 1. The first kappa shape index (κ1) is 21.9. The Hall–Kier alpha value is -2.31. The van der Waals surface area contributed by atoms with Crippen LogP contribution >= 0.6 is 0 Å². The second-order valence-corrected chi connectivity index (χ2v) is 9.45. The van der Waals surface area contributed by atoms with E-state index < -0.39 is 11.6 Å². The minimum absolute atomic E-state index is 0.0814. The number of hydrogen-bond donors (Lipinski definition) is 1. The lowest BCUT2D eigenvalue weighted by Gasteiger charge is -2.42. The van der Waals surface area contributed by atoms with Crippen LogP contribution in [0.5, 0.6) is 0 Å². The molecule has 2 aromatic rings. The van der Waals surface area contributed by atoms with Crippen LogP contribution in [-0.4, -0.2) is 58.3 Å². The van der Waals surface area contributed by atoms with Crippen LogP contribution in [0.15, 0.2) is 48.8 Å². The Bertz CT molecular complexity index is 857. The Morgan fingerprint density at radius 2 is 1.81 bits per heavy atom. The van der Waals surface area contributed by atoms with Gasteiger partial charge in [-0.15, -0.1) is 0 Å². The third kappa shape index (κ3) is 4.96. The summed E-state index contributed by atoms with van der Waals surface area (Å²) in [6, 6.07) is 11.2. The Morgan fingerprint density at radius 1 is 1.10 bits per heavy atom. The molecule has 31 heavy (non-hydrogen) atoms. The van der Waals surface area contributed by atoms with Crippen molar-refractivity contribution in [2.45, 2.75) is 56.7 Å². The molecule has 1 aromatic carbocycles. The fourth-order valence-corrected chi connectivity index (χ4v) is 5.30. The van der Waals surface area contributed by atoms with Crippen molar-refractivity contribution in [3.63, 3.8) is 0 Å². The van der Waals surface area contributed by atoms with E-state index in [2.05, 4.69) is 17.0 Å². The van der Waals surface area contributed by atoms with E-state index in [0.29, 0.717) is 5.56 Å². The van der Waals surface area contributed by atoms with Crippen LogP contribution < -0.4 is 0 Å². The topological polar surface area (TPSA) is 72.3 Å². The smallest absolute Gasteiger partial charge is 0.343 e. The van der Waals surface area contributed by atoms with Crippen molar-refractivity contribution in [2.75, 3.05) is 26.7 Å². The third-order valence-electron chi connectivity index (χ3n) is 7.11. The maximum Gasteiger partial charge on any atom is 0.343 e. The minimum Gasteiger partial charge on any atom is -0.454 e. The second kappa shape index (κ2) is 9.45. The highest BCUT2D eigenvalue weighted by atomic mass is 16.6. The predicted octanol–water partition coefficient (Wildman–Crippen LogP) is 3.25. The van der Waals surface area contributed by atoms with Crippen LogP contribution in [0.1, 0.15) is 49.9 Å². The predicted molar refractivity (Wildman–Crippen MR) is 118 cm³/mol. The second-order valence-electron chi connectivity index (χ2n) is 9.45. The zero-order valence-corrected chi connectivity index (χ0v) is 18.4. The van der Waals surface area contributed by atoms with Crippen LogP contribution in [0.3, 0.4) is 0 Å². The first-order valence-electron chi connectivity index (χ1n) is 11.6. The van der Waals surface area contributed by atoms with Crippen LogP contribution in [0.25, 0.3) is 0 Å². The lowest BCUT2D eigenvalue weighted by atomic mass is 9.80. The number of likely N-dealkylation sites (tertiary alicyclic amines) is 1. The van der Waals surface area contributed by atoms with Crippen molar-refractivity contribution >= 4 is 5.97 Å². The van der Waals surface area contributed by atoms with Gasteiger partial charge in [0.1, 0.15) is 12.4 Å². The normalized spacial score (nSPS) is 26.3. The highest BCUT2D eigenvalue weighted by Gasteiger charge is 2.49. The van der Waals surface area contributed by atoms with E-state index in [1.165, 1.54) is 0 Å². The molecule has 166 valence electrons. The monoisotopic (exact) mass is 424 g/mol. The minimum atomic E-state index is -1.56. The summed E-state index contributed by atoms with van der Waals surface area (Å²) in [5.41, 5.74) is -0.905. The van der Waals surface area contributed by atoms with Crippen LogP contribution in [0, 0.1) is 5.92 Å². The van der Waals surface area contributed by atoms with Crippen molar-refractivity contribution in [3.8, 4) is 0 Å². The number of quaternary nitrogens is 1. The average molecular weight is 425 g/mol. The van der Waals surface area contributed by atoms with Gasteiger partial charge >= 0.3 is 5.97 Å². The van der Waals surface area contributed by atoms with E-state index in [4.69, 9.17) is 4.74 Å². The molecular formula is C25H34N3O3+. The number of piperidine rings is 1. The van der Waals surface area contributed by atoms with Crippen molar-refractivity contribution in [3.05, 3.63) is 60.2 Å². The molecule has 2 fully saturated rings. The molecule has 6 nitrogen and oxygen atoms in total. The van der Waals surface area contributed by atoms with Gasteiger partial charge in [-0.3, -0.25) is 0 Å². The summed E-state index contributed by atoms with van der Waals surface area (Å²) < 4.78 is 6.86. The number of rotatable bonds is 7. The van der Waals surface area contributed by atoms with Crippen LogP contribution in [0.2, 0.25) is 0 Å². The van der Waals surface area contributed by atoms with Crippen molar-refractivity contribution in [1.82, 2.24) is 9.97 Å². The molecule has 0 amide bonds. The summed E-state index contributed by atoms with van der Waals surface area (Å²) in [5.74, 6) is 0.290. The van der Waals surface area contributed by atoms with Crippen LogP contribution in [-0.2, 0) is 21.6 Å². The number of esters is 1. The molecule has 2 aliphatic rings. The summed E-state index contributed by atoms with van der Waals surface area (Å²) in [6.07, 6.45) is 9.82. The molecule has 0 spiro atoms. The number of hydrogen-bond acceptors (Lipinski definition) is 5. The van der Waals surface area contributed by atoms with Gasteiger partial charge < -0.3 is 14.3 Å². The summed E-state index contributed by atoms with van der Waals surface area (Å²) in [6.45, 7) is 2.71. The zero-order chi connectivity index (χ0) is 21.7. The molecule has 2 unspecified atom stereocenters. The fraction of sp³-hybridized carbons (Fsp3) is 0.560. The molecule has 1 aliphatic heterocycles. The summed E-state index contributed by atoms with van der Waals surface area (Å²) in [7, 11) is 2.21. The zero-order valence-electron chi connectivity index (χ0n) is 18.4. The molecular weight excluding hydrogens is 390 g/mol. The SMILES string of the molecule is C[N@+]1(CCc2ncccn2)CCCC(OC(=O)C(O)(c2ccccc2)C2CCCC2)C1. The average Bonchev–Trinajstić information content (AvgIpc) is 3.34. The molecule has 3 atom stereocenters. The highest BCUT2D eigenvalue weighted by molar-refractivity contribution is 5.81. The standard InChI is InChI=1S/C25H34N3O3/c1-28(18-14-23-26-15-8-16-27-23)17-7-13-22(19-28)31-24(29)25(30,21-11-5-6-12-21)20-9-3-2-4-10-20/h2-4,8-10,15-16,21-22,30H,5-7,11-14,17-19H2,1H3/q+1/t22?,25?,28-/m1/s1. The van der Waals surface area contributed by atoms with E-state index in [1.54, 1.807) is 12.4 Å². The lowest BCUT2D eigenvalue weighted by molar-refractivity contribution is -0.916. The Balaban J connectivity index is 1.44. The van der Waals surface area contributed by atoms with E-state index in [1.807, 2.05) is 36.4 Å². The van der Waals surface area contributed by atoms with Gasteiger partial charge in [-0.25, -0.2) is 14.8 Å². The van der Waals surface area contributed by atoms with E-state index in [0.717, 1.165) is 74.9 Å². The van der Waals surface area contributed by atoms with Crippen molar-refractivity contribution in [2.24, 2.45) is 5.92 Å². The van der Waals surface area contributed by atoms with Crippen molar-refractivity contribution in [1.29, 1.82) is 0 Å². The number of aromatic nitrogens is 2. The Morgan fingerprint density at radius 3 is 2.52 bits per heavy atom. The van der Waals surface area contributed by atoms with Gasteiger partial charge in [-0.2, -0.15) is 0 Å². The Labute approximate surface area is 184 Å². The molecule has 1 aliphatic carbocycles. The summed E-state index contributed by atoms with van der Waals surface area (Å²) in [4.78, 5) is 22.1. The maximum absolute atomic E-state index is 13.4. The number of carbonyl (C=O) groups is 1. The highest BCUT2D eigenvalue weighted by Crippen LogP contribution is 2.42. The Kier molecular flexibility index (Phi) is 6.68. The van der Waals surface area contributed by atoms with Gasteiger partial charge in [0.25, 0.3) is 0 Å². The number of carbonyl (C=O) groups excluding carboxylic acids is 1. The number of ether oxygens (including phenoxy) is 1. The molecule has 1 saturated heterocycles. The number of likely N-dealkylation sites (N-methyl/N-ethyl adjacent to an activating group) is 1. The summed E-state index contributed by atoms with van der Waals surface area (Å²) in [5, 5.41) is 11.7. The third-order valence-corrected chi connectivity index (χ3v) is 7.11. The molecule has 1 N–H and O–H groups in total. The molecule has 1 saturated carbocycles. The van der Waals surface area contributed by atoms with Gasteiger partial charge in [-0.1, -0.05) is 43.2 Å². The fourth-order valence-electron chi connectivity index (χ4n) is 5.30. The first-order chi connectivity index (χ1) is 15.0. The van der Waals surface area contributed by atoms with Gasteiger partial charge in [0.05, 0.1) is 26.6 Å². The molecule has 1 aromatic heterocycles. The van der Waals surface area contributed by atoms with Gasteiger partial charge in [0.2, 0.25) is 0 Å². The van der Waals surface area contributed by atoms with E-state index in [-0.39, 0.29) is 12.0 Å². The lowest BCUT2D eigenvalue weighted by Crippen LogP contribution is -2.56. The maximum atomic E-state index is 13.4. The largest absolute Gasteiger partial charge is 0.454 e. The quantitative estimate of drug-likeness (QED) is 0.546. The van der Waals surface area contributed by atoms with E-state index >= 15 is 0 Å². The van der Waals surface area contributed by atoms with Gasteiger partial charge in [-0.05, 0) is 30.9 Å². The van der Waals surface area contributed by atoms with Gasteiger partial charge in [0, 0.05) is 24.7 Å². The molecule has 6 heteroatoms.